The molecular weight excluding hydrogens is 458 g/mol. The van der Waals surface area contributed by atoms with Crippen molar-refractivity contribution < 1.29 is 45.7 Å². The Kier molecular flexibility index (Phi) is 7.37. The molecule has 12 heteroatoms. The number of halogens is 6. The van der Waals surface area contributed by atoms with Crippen LogP contribution in [0.4, 0.5) is 26.3 Å². The maximum Gasteiger partial charge on any atom is 0.419 e. The first kappa shape index (κ1) is 25.0. The minimum atomic E-state index is -4.80. The van der Waals surface area contributed by atoms with Crippen LogP contribution >= 0.6 is 0 Å². The van der Waals surface area contributed by atoms with Crippen molar-refractivity contribution in [1.29, 1.82) is 0 Å². The van der Waals surface area contributed by atoms with E-state index in [1.54, 1.807) is 0 Å². The quantitative estimate of drug-likeness (QED) is 0.577. The summed E-state index contributed by atoms with van der Waals surface area (Å²) in [5.41, 5.74) is -2.65. The Hall–Kier alpha value is -2.60. The van der Waals surface area contributed by atoms with E-state index in [1.807, 2.05) is 0 Å². The van der Waals surface area contributed by atoms with Gasteiger partial charge in [0.2, 0.25) is 0 Å². The van der Waals surface area contributed by atoms with Crippen LogP contribution in [0.3, 0.4) is 0 Å². The summed E-state index contributed by atoms with van der Waals surface area (Å²) in [6.07, 6.45) is -2.35. The van der Waals surface area contributed by atoms with E-state index in [0.29, 0.717) is 32.6 Å². The summed E-state index contributed by atoms with van der Waals surface area (Å²) in [4.78, 5) is 16.5. The average molecular weight is 480 g/mol. The van der Waals surface area contributed by atoms with Gasteiger partial charge in [-0.15, -0.1) is 0 Å². The van der Waals surface area contributed by atoms with Crippen LogP contribution in [0.5, 0.6) is 5.75 Å². The van der Waals surface area contributed by atoms with Gasteiger partial charge < -0.3 is 19.9 Å². The standard InChI is InChI=1S/C21H22F6N2O4/c1-20(31,21(25,26)27)10-32-14-4-2-13(3-5-14)29-18(30)12-6-11-7-15(22)17(33-19(23)24)8-16(11)28-9-12/h6-9,13-14,19,31H,2-5,10H2,1H3,(H,29,30). The fourth-order valence-electron chi connectivity index (χ4n) is 3.44. The summed E-state index contributed by atoms with van der Waals surface area (Å²) in [7, 11) is 0. The summed E-state index contributed by atoms with van der Waals surface area (Å²) in [6, 6.07) is 3.06. The van der Waals surface area contributed by atoms with E-state index < -0.39 is 48.6 Å². The highest BCUT2D eigenvalue weighted by Gasteiger charge is 2.50. The van der Waals surface area contributed by atoms with E-state index >= 15 is 0 Å². The van der Waals surface area contributed by atoms with Crippen LogP contribution in [-0.2, 0) is 4.74 Å². The summed E-state index contributed by atoms with van der Waals surface area (Å²) < 4.78 is 86.0. The second-order valence-electron chi connectivity index (χ2n) is 8.11. The van der Waals surface area contributed by atoms with Crippen LogP contribution < -0.4 is 10.1 Å². The van der Waals surface area contributed by atoms with Crippen molar-refractivity contribution in [3.63, 3.8) is 0 Å². The lowest BCUT2D eigenvalue weighted by Gasteiger charge is -2.32. The van der Waals surface area contributed by atoms with Gasteiger partial charge in [-0.2, -0.15) is 22.0 Å². The monoisotopic (exact) mass is 480 g/mol. The molecule has 1 atom stereocenters. The molecule has 0 radical (unpaired) electrons. The Morgan fingerprint density at radius 1 is 1.21 bits per heavy atom. The number of aromatic nitrogens is 1. The molecule has 1 fully saturated rings. The SMILES string of the molecule is CC(O)(COC1CCC(NC(=O)c2cnc3cc(OC(F)F)c(F)cc3c2)CC1)C(F)(F)F. The van der Waals surface area contributed by atoms with Gasteiger partial charge in [0.05, 0.1) is 23.8 Å². The van der Waals surface area contributed by atoms with Crippen molar-refractivity contribution in [3.05, 3.63) is 35.8 Å². The molecule has 1 unspecified atom stereocenters. The van der Waals surface area contributed by atoms with Crippen LogP contribution in [-0.4, -0.2) is 53.1 Å². The predicted octanol–water partition coefficient (Wildman–Crippen LogP) is 4.35. The number of rotatable bonds is 7. The number of pyridine rings is 1. The van der Waals surface area contributed by atoms with Gasteiger partial charge in [-0.05, 0) is 44.7 Å². The molecule has 1 heterocycles. The van der Waals surface area contributed by atoms with Crippen molar-refractivity contribution >= 4 is 16.8 Å². The van der Waals surface area contributed by atoms with Crippen molar-refractivity contribution in [3.8, 4) is 5.75 Å². The molecule has 6 nitrogen and oxygen atoms in total. The lowest BCUT2D eigenvalue weighted by atomic mass is 9.92. The largest absolute Gasteiger partial charge is 0.432 e. The lowest BCUT2D eigenvalue weighted by molar-refractivity contribution is -0.271. The van der Waals surface area contributed by atoms with Crippen molar-refractivity contribution in [2.24, 2.45) is 0 Å². The fourth-order valence-corrected chi connectivity index (χ4v) is 3.44. The third kappa shape index (κ3) is 6.26. The molecule has 2 aromatic rings. The lowest BCUT2D eigenvalue weighted by Crippen LogP contribution is -2.47. The molecular formula is C21H22F6N2O4. The topological polar surface area (TPSA) is 80.7 Å². The zero-order valence-corrected chi connectivity index (χ0v) is 17.5. The number of carbonyl (C=O) groups is 1. The summed E-state index contributed by atoms with van der Waals surface area (Å²) >= 11 is 0. The molecule has 0 spiro atoms. The molecule has 1 aliphatic carbocycles. The van der Waals surface area contributed by atoms with Crippen LogP contribution in [0.25, 0.3) is 10.9 Å². The van der Waals surface area contributed by atoms with Crippen LogP contribution in [0.15, 0.2) is 24.4 Å². The maximum atomic E-state index is 13.9. The molecule has 1 amide bonds. The van der Waals surface area contributed by atoms with E-state index in [9.17, 15) is 36.2 Å². The van der Waals surface area contributed by atoms with Gasteiger partial charge in [-0.3, -0.25) is 9.78 Å². The van der Waals surface area contributed by atoms with E-state index in [2.05, 4.69) is 15.0 Å². The number of aliphatic hydroxyl groups is 1. The molecule has 0 bridgehead atoms. The number of amides is 1. The van der Waals surface area contributed by atoms with Crippen molar-refractivity contribution in [2.45, 2.75) is 63.1 Å². The zero-order chi connectivity index (χ0) is 24.4. The minimum absolute atomic E-state index is 0.129. The third-order valence-electron chi connectivity index (χ3n) is 5.43. The molecule has 1 aliphatic rings. The second-order valence-corrected chi connectivity index (χ2v) is 8.11. The molecule has 0 aliphatic heterocycles. The first-order chi connectivity index (χ1) is 15.4. The number of nitrogens with one attached hydrogen (secondary N) is 1. The predicted molar refractivity (Wildman–Crippen MR) is 104 cm³/mol. The molecule has 1 aromatic heterocycles. The van der Waals surface area contributed by atoms with E-state index in [0.717, 1.165) is 12.1 Å². The van der Waals surface area contributed by atoms with Gasteiger partial charge in [0.1, 0.15) is 0 Å². The Morgan fingerprint density at radius 2 is 1.88 bits per heavy atom. The van der Waals surface area contributed by atoms with Gasteiger partial charge in [-0.1, -0.05) is 0 Å². The third-order valence-corrected chi connectivity index (χ3v) is 5.43. The van der Waals surface area contributed by atoms with Crippen LogP contribution in [0, 0.1) is 5.82 Å². The molecule has 3 rings (SSSR count). The average Bonchev–Trinajstić information content (AvgIpc) is 2.72. The maximum absolute atomic E-state index is 13.9. The smallest absolute Gasteiger partial charge is 0.419 e. The van der Waals surface area contributed by atoms with E-state index in [-0.39, 0.29) is 22.5 Å². The van der Waals surface area contributed by atoms with Crippen LogP contribution in [0.1, 0.15) is 43.0 Å². The number of alkyl halides is 5. The molecule has 1 aromatic carbocycles. The first-order valence-electron chi connectivity index (χ1n) is 10.1. The highest BCUT2D eigenvalue weighted by atomic mass is 19.4. The van der Waals surface area contributed by atoms with Crippen molar-refractivity contribution in [1.82, 2.24) is 10.3 Å². The summed E-state index contributed by atoms with van der Waals surface area (Å²) in [6.45, 7) is -3.42. The molecule has 33 heavy (non-hydrogen) atoms. The van der Waals surface area contributed by atoms with Gasteiger partial charge in [-0.25, -0.2) is 4.39 Å². The fraction of sp³-hybridized carbons (Fsp3) is 0.524. The summed E-state index contributed by atoms with van der Waals surface area (Å²) in [5, 5.41) is 12.5. The van der Waals surface area contributed by atoms with Gasteiger partial charge in [0, 0.05) is 23.7 Å². The number of nitrogens with zero attached hydrogens (tertiary/aromatic N) is 1. The number of fused-ring (bicyclic) bond motifs is 1. The first-order valence-corrected chi connectivity index (χ1v) is 10.1. The zero-order valence-electron chi connectivity index (χ0n) is 17.5. The Labute approximate surface area is 184 Å². The number of hydrogen-bond acceptors (Lipinski definition) is 5. The number of carbonyl (C=O) groups excluding carboxylic acids is 1. The van der Waals surface area contributed by atoms with Gasteiger partial charge in [0.15, 0.2) is 17.2 Å². The molecule has 0 saturated heterocycles. The Morgan fingerprint density at radius 3 is 2.48 bits per heavy atom. The number of hydrogen-bond donors (Lipinski definition) is 2. The molecule has 1 saturated carbocycles. The molecule has 2 N–H and O–H groups in total. The number of ether oxygens (including phenoxy) is 2. The Bertz CT molecular complexity index is 991. The highest BCUT2D eigenvalue weighted by molar-refractivity contribution is 5.97. The number of benzene rings is 1. The van der Waals surface area contributed by atoms with Gasteiger partial charge >= 0.3 is 12.8 Å². The summed E-state index contributed by atoms with van der Waals surface area (Å²) in [5.74, 6) is -2.16. The highest BCUT2D eigenvalue weighted by Crippen LogP contribution is 2.32. The minimum Gasteiger partial charge on any atom is -0.432 e. The molecule has 182 valence electrons. The van der Waals surface area contributed by atoms with E-state index in [4.69, 9.17) is 4.74 Å². The second kappa shape index (κ2) is 9.72. The van der Waals surface area contributed by atoms with Crippen molar-refractivity contribution in [2.75, 3.05) is 6.61 Å². The van der Waals surface area contributed by atoms with Gasteiger partial charge in [0.25, 0.3) is 5.91 Å². The Balaban J connectivity index is 1.55. The normalized spacial score (nSPS) is 21.1. The van der Waals surface area contributed by atoms with E-state index in [1.165, 1.54) is 12.3 Å². The van der Waals surface area contributed by atoms with Crippen LogP contribution in [0.2, 0.25) is 0 Å².